The van der Waals surface area contributed by atoms with Crippen molar-refractivity contribution in [1.82, 2.24) is 9.97 Å². The molecular weight excluding hydrogens is 260 g/mol. The Morgan fingerprint density at radius 2 is 2.10 bits per heavy atom. The van der Waals surface area contributed by atoms with Crippen LogP contribution in [0.1, 0.15) is 5.56 Å². The standard InChI is InChI=1S/C12H14N6O2/c1-17(8-9-2-4-14-5-3-9)12-7-10(18(19)20)6-11(15-12)16-13/h2-7H,8,13H2,1H3,(H,15,16). The van der Waals surface area contributed by atoms with Crippen LogP contribution in [0.2, 0.25) is 0 Å². The van der Waals surface area contributed by atoms with Gasteiger partial charge in [-0.1, -0.05) is 0 Å². The molecule has 8 nitrogen and oxygen atoms in total. The van der Waals surface area contributed by atoms with Gasteiger partial charge in [0.25, 0.3) is 5.69 Å². The van der Waals surface area contributed by atoms with Crippen LogP contribution in [-0.2, 0) is 6.54 Å². The van der Waals surface area contributed by atoms with Gasteiger partial charge in [0, 0.05) is 26.0 Å². The van der Waals surface area contributed by atoms with E-state index in [1.807, 2.05) is 12.1 Å². The number of hydrazine groups is 1. The summed E-state index contributed by atoms with van der Waals surface area (Å²) in [5.74, 6) is 5.99. The third-order valence-electron chi connectivity index (χ3n) is 2.72. The summed E-state index contributed by atoms with van der Waals surface area (Å²) < 4.78 is 0. The van der Waals surface area contributed by atoms with Gasteiger partial charge in [-0.2, -0.15) is 0 Å². The van der Waals surface area contributed by atoms with Crippen LogP contribution in [0.4, 0.5) is 17.3 Å². The predicted octanol–water partition coefficient (Wildman–Crippen LogP) is 1.31. The molecule has 0 radical (unpaired) electrons. The number of nitrogen functional groups attached to an aromatic ring is 1. The van der Waals surface area contributed by atoms with Crippen molar-refractivity contribution >= 4 is 17.3 Å². The number of aromatic nitrogens is 2. The average molecular weight is 274 g/mol. The van der Waals surface area contributed by atoms with Gasteiger partial charge in [0.15, 0.2) is 0 Å². The maximum atomic E-state index is 10.9. The van der Waals surface area contributed by atoms with Crippen LogP contribution in [0, 0.1) is 10.1 Å². The molecule has 2 aromatic heterocycles. The topological polar surface area (TPSA) is 110 Å². The predicted molar refractivity (Wildman–Crippen MR) is 75.0 cm³/mol. The van der Waals surface area contributed by atoms with Crippen LogP contribution in [0.5, 0.6) is 0 Å². The fraction of sp³-hybridized carbons (Fsp3) is 0.167. The Hall–Kier alpha value is -2.74. The summed E-state index contributed by atoms with van der Waals surface area (Å²) in [5, 5.41) is 10.9. The van der Waals surface area contributed by atoms with E-state index >= 15 is 0 Å². The molecule has 0 amide bonds. The zero-order chi connectivity index (χ0) is 14.5. The number of rotatable bonds is 5. The smallest absolute Gasteiger partial charge is 0.276 e. The summed E-state index contributed by atoms with van der Waals surface area (Å²) in [6.07, 6.45) is 3.38. The number of nitrogens with two attached hydrogens (primary N) is 1. The third kappa shape index (κ3) is 3.18. The quantitative estimate of drug-likeness (QED) is 0.480. The first-order valence-electron chi connectivity index (χ1n) is 5.83. The van der Waals surface area contributed by atoms with Crippen molar-refractivity contribution in [3.8, 4) is 0 Å². The van der Waals surface area contributed by atoms with Crippen molar-refractivity contribution in [2.45, 2.75) is 6.54 Å². The summed E-state index contributed by atoms with van der Waals surface area (Å²) in [4.78, 5) is 20.3. The number of hydrogen-bond acceptors (Lipinski definition) is 7. The molecule has 0 bridgehead atoms. The average Bonchev–Trinajstić information content (AvgIpc) is 2.47. The van der Waals surface area contributed by atoms with Gasteiger partial charge in [0.1, 0.15) is 11.6 Å². The second-order valence-corrected chi connectivity index (χ2v) is 4.18. The molecular formula is C12H14N6O2. The lowest BCUT2D eigenvalue weighted by molar-refractivity contribution is -0.384. The van der Waals surface area contributed by atoms with Crippen molar-refractivity contribution in [3.63, 3.8) is 0 Å². The van der Waals surface area contributed by atoms with E-state index in [9.17, 15) is 10.1 Å². The Morgan fingerprint density at radius 1 is 1.40 bits per heavy atom. The van der Waals surface area contributed by atoms with Gasteiger partial charge >= 0.3 is 0 Å². The molecule has 0 aliphatic heterocycles. The summed E-state index contributed by atoms with van der Waals surface area (Å²) >= 11 is 0. The van der Waals surface area contributed by atoms with Crippen molar-refractivity contribution < 1.29 is 4.92 Å². The lowest BCUT2D eigenvalue weighted by Gasteiger charge is -2.18. The van der Waals surface area contributed by atoms with Crippen molar-refractivity contribution in [3.05, 3.63) is 52.3 Å². The Bertz CT molecular complexity index is 604. The molecule has 2 aromatic rings. The van der Waals surface area contributed by atoms with Crippen LogP contribution < -0.4 is 16.2 Å². The lowest BCUT2D eigenvalue weighted by Crippen LogP contribution is -2.19. The van der Waals surface area contributed by atoms with Gasteiger partial charge in [-0.15, -0.1) is 0 Å². The zero-order valence-electron chi connectivity index (χ0n) is 10.9. The maximum Gasteiger partial charge on any atom is 0.276 e. The summed E-state index contributed by atoms with van der Waals surface area (Å²) in [6.45, 7) is 0.556. The van der Waals surface area contributed by atoms with E-state index in [1.54, 1.807) is 24.3 Å². The highest BCUT2D eigenvalue weighted by atomic mass is 16.6. The number of nitrogens with one attached hydrogen (secondary N) is 1. The van der Waals surface area contributed by atoms with E-state index in [0.29, 0.717) is 12.4 Å². The molecule has 0 saturated heterocycles. The molecule has 0 aliphatic carbocycles. The number of nitrogens with zero attached hydrogens (tertiary/aromatic N) is 4. The van der Waals surface area contributed by atoms with Crippen molar-refractivity contribution in [2.24, 2.45) is 5.84 Å². The molecule has 0 unspecified atom stereocenters. The Labute approximate surface area is 115 Å². The van der Waals surface area contributed by atoms with Crippen molar-refractivity contribution in [1.29, 1.82) is 0 Å². The first kappa shape index (κ1) is 13.7. The fourth-order valence-electron chi connectivity index (χ4n) is 1.72. The van der Waals surface area contributed by atoms with Gasteiger partial charge in [-0.05, 0) is 17.7 Å². The van der Waals surface area contributed by atoms with Gasteiger partial charge < -0.3 is 10.3 Å². The minimum Gasteiger partial charge on any atom is -0.355 e. The first-order valence-corrected chi connectivity index (χ1v) is 5.83. The summed E-state index contributed by atoms with van der Waals surface area (Å²) in [6, 6.07) is 6.43. The third-order valence-corrected chi connectivity index (χ3v) is 2.72. The molecule has 20 heavy (non-hydrogen) atoms. The van der Waals surface area contributed by atoms with Crippen LogP contribution in [0.3, 0.4) is 0 Å². The minimum atomic E-state index is -0.480. The maximum absolute atomic E-state index is 10.9. The minimum absolute atomic E-state index is 0.0653. The first-order chi connectivity index (χ1) is 9.60. The second kappa shape index (κ2) is 5.93. The van der Waals surface area contributed by atoms with E-state index in [1.165, 1.54) is 12.1 Å². The van der Waals surface area contributed by atoms with E-state index in [4.69, 9.17) is 5.84 Å². The van der Waals surface area contributed by atoms with Gasteiger partial charge in [0.2, 0.25) is 0 Å². The number of hydrogen-bond donors (Lipinski definition) is 2. The van der Waals surface area contributed by atoms with Crippen LogP contribution >= 0.6 is 0 Å². The Balaban J connectivity index is 2.27. The zero-order valence-corrected chi connectivity index (χ0v) is 10.9. The second-order valence-electron chi connectivity index (χ2n) is 4.18. The van der Waals surface area contributed by atoms with Crippen LogP contribution in [0.25, 0.3) is 0 Å². The van der Waals surface area contributed by atoms with Crippen LogP contribution in [0.15, 0.2) is 36.7 Å². The molecule has 0 saturated carbocycles. The Kier molecular flexibility index (Phi) is 4.06. The van der Waals surface area contributed by atoms with E-state index in [2.05, 4.69) is 15.4 Å². The van der Waals surface area contributed by atoms with Crippen LogP contribution in [-0.4, -0.2) is 21.9 Å². The molecule has 3 N–H and O–H groups in total. The highest BCUT2D eigenvalue weighted by Gasteiger charge is 2.13. The molecule has 0 spiro atoms. The molecule has 104 valence electrons. The molecule has 0 aliphatic rings. The summed E-state index contributed by atoms with van der Waals surface area (Å²) in [5.41, 5.74) is 3.29. The number of nitro groups is 1. The van der Waals surface area contributed by atoms with Crippen molar-refractivity contribution in [2.75, 3.05) is 17.4 Å². The largest absolute Gasteiger partial charge is 0.355 e. The lowest BCUT2D eigenvalue weighted by atomic mass is 10.2. The van der Waals surface area contributed by atoms with E-state index in [0.717, 1.165) is 5.56 Å². The SMILES string of the molecule is CN(Cc1ccncc1)c1cc([N+](=O)[O-])cc(NN)n1. The Morgan fingerprint density at radius 3 is 2.70 bits per heavy atom. The number of anilines is 2. The molecule has 8 heteroatoms. The molecule has 0 atom stereocenters. The van der Waals surface area contributed by atoms with Gasteiger partial charge in [-0.25, -0.2) is 10.8 Å². The molecule has 0 fully saturated rings. The number of pyridine rings is 2. The van der Waals surface area contributed by atoms with Gasteiger partial charge in [0.05, 0.1) is 17.1 Å². The highest BCUT2D eigenvalue weighted by molar-refractivity contribution is 5.55. The van der Waals surface area contributed by atoms with Gasteiger partial charge in [-0.3, -0.25) is 15.1 Å². The van der Waals surface area contributed by atoms with E-state index < -0.39 is 4.92 Å². The summed E-state index contributed by atoms with van der Waals surface area (Å²) in [7, 11) is 1.80. The fourth-order valence-corrected chi connectivity index (χ4v) is 1.72. The molecule has 0 aromatic carbocycles. The van der Waals surface area contributed by atoms with E-state index in [-0.39, 0.29) is 11.5 Å². The normalized spacial score (nSPS) is 10.1. The highest BCUT2D eigenvalue weighted by Crippen LogP contribution is 2.23. The molecule has 2 heterocycles. The molecule has 2 rings (SSSR count). The monoisotopic (exact) mass is 274 g/mol.